The van der Waals surface area contributed by atoms with Crippen LogP contribution in [0.15, 0.2) is 12.5 Å². The number of aromatic nitrogens is 2. The highest BCUT2D eigenvalue weighted by molar-refractivity contribution is 5.78. The van der Waals surface area contributed by atoms with Crippen LogP contribution in [0.5, 0.6) is 0 Å². The van der Waals surface area contributed by atoms with E-state index in [-0.39, 0.29) is 6.61 Å². The van der Waals surface area contributed by atoms with Crippen LogP contribution in [0.3, 0.4) is 0 Å². The van der Waals surface area contributed by atoms with Gasteiger partial charge in [0, 0.05) is 6.54 Å². The maximum atomic E-state index is 9.64. The minimum absolute atomic E-state index is 0.0894. The van der Waals surface area contributed by atoms with Crippen molar-refractivity contribution in [1.29, 1.82) is 0 Å². The summed E-state index contributed by atoms with van der Waals surface area (Å²) in [6, 6.07) is 0. The van der Waals surface area contributed by atoms with E-state index in [2.05, 4.69) is 11.9 Å². The monoisotopic (exact) mass is 258 g/mol. The molecular formula is C12H22N2O4. The Kier molecular flexibility index (Phi) is 9.08. The fourth-order valence-corrected chi connectivity index (χ4v) is 1.21. The lowest BCUT2D eigenvalue weighted by atomic mass is 10.2. The Morgan fingerprint density at radius 1 is 1.44 bits per heavy atom. The van der Waals surface area contributed by atoms with Gasteiger partial charge in [-0.15, -0.1) is 0 Å². The molecule has 0 aromatic carbocycles. The number of carbonyl (C=O) groups excluding carboxylic acids is 1. The van der Waals surface area contributed by atoms with Gasteiger partial charge in [-0.25, -0.2) is 4.98 Å². The molecule has 0 aliphatic heterocycles. The Labute approximate surface area is 107 Å². The number of rotatable bonds is 6. The Bertz CT molecular complexity index is 337. The van der Waals surface area contributed by atoms with E-state index in [9.17, 15) is 4.79 Å². The molecule has 1 aromatic heterocycles. The normalized spacial score (nSPS) is 10.1. The molecule has 0 aliphatic rings. The molecule has 104 valence electrons. The topological polar surface area (TPSA) is 95.6 Å². The highest BCUT2D eigenvalue weighted by Gasteiger charge is 1.99. The minimum Gasteiger partial charge on any atom is -0.390 e. The van der Waals surface area contributed by atoms with Crippen molar-refractivity contribution in [2.75, 3.05) is 0 Å². The number of unbranched alkanes of at least 4 members (excludes halogenated alkanes) is 2. The van der Waals surface area contributed by atoms with Gasteiger partial charge in [0.1, 0.15) is 0 Å². The van der Waals surface area contributed by atoms with E-state index in [0.29, 0.717) is 0 Å². The molecule has 18 heavy (non-hydrogen) atoms. The summed E-state index contributed by atoms with van der Waals surface area (Å²) in [6.07, 6.45) is 5.34. The summed E-state index contributed by atoms with van der Waals surface area (Å²) in [5.74, 6) is -0.630. The lowest BCUT2D eigenvalue weighted by molar-refractivity contribution is -0.142. The van der Waals surface area contributed by atoms with Crippen LogP contribution in [0.2, 0.25) is 0 Å². The van der Waals surface area contributed by atoms with Crippen molar-refractivity contribution >= 4 is 5.78 Å². The van der Waals surface area contributed by atoms with Crippen molar-refractivity contribution in [3.63, 3.8) is 0 Å². The molecule has 1 rings (SSSR count). The molecule has 0 amide bonds. The first-order valence-electron chi connectivity index (χ1n) is 5.99. The zero-order chi connectivity index (χ0) is 14.0. The van der Waals surface area contributed by atoms with Crippen LogP contribution in [0, 0.1) is 0 Å². The number of imidazole rings is 1. The highest BCUT2D eigenvalue weighted by atomic mass is 16.5. The van der Waals surface area contributed by atoms with Gasteiger partial charge in [0.25, 0.3) is 0 Å². The number of hydrogen-bond acceptors (Lipinski definition) is 5. The van der Waals surface area contributed by atoms with Crippen molar-refractivity contribution in [2.45, 2.75) is 52.6 Å². The molecule has 0 spiro atoms. The van der Waals surface area contributed by atoms with Gasteiger partial charge >= 0.3 is 0 Å². The van der Waals surface area contributed by atoms with E-state index < -0.39 is 12.1 Å². The second-order valence-corrected chi connectivity index (χ2v) is 3.93. The van der Waals surface area contributed by atoms with Crippen molar-refractivity contribution in [3.8, 4) is 0 Å². The van der Waals surface area contributed by atoms with Gasteiger partial charge in [-0.3, -0.25) is 4.79 Å². The minimum atomic E-state index is -1.79. The van der Waals surface area contributed by atoms with E-state index in [1.165, 1.54) is 19.3 Å². The zero-order valence-corrected chi connectivity index (χ0v) is 10.9. The van der Waals surface area contributed by atoms with Crippen LogP contribution in [0.25, 0.3) is 0 Å². The number of hydrogen-bond donors (Lipinski definition) is 3. The van der Waals surface area contributed by atoms with E-state index in [0.717, 1.165) is 19.2 Å². The number of aliphatic hydroxyl groups is 3. The first-order valence-corrected chi connectivity index (χ1v) is 5.99. The molecule has 0 saturated heterocycles. The predicted molar refractivity (Wildman–Crippen MR) is 66.6 cm³/mol. The number of aryl methyl sites for hydroxylation is 1. The maximum absolute atomic E-state index is 9.64. The highest BCUT2D eigenvalue weighted by Crippen LogP contribution is 2.03. The smallest absolute Gasteiger partial charge is 0.212 e. The summed E-state index contributed by atoms with van der Waals surface area (Å²) in [7, 11) is 0. The number of aliphatic hydroxyl groups excluding tert-OH is 2. The second-order valence-electron chi connectivity index (χ2n) is 3.93. The van der Waals surface area contributed by atoms with Crippen molar-refractivity contribution in [2.24, 2.45) is 0 Å². The van der Waals surface area contributed by atoms with E-state index in [1.807, 2.05) is 4.57 Å². The average Bonchev–Trinajstić information content (AvgIpc) is 2.77. The Morgan fingerprint density at radius 2 is 2.06 bits per heavy atom. The van der Waals surface area contributed by atoms with Gasteiger partial charge in [-0.1, -0.05) is 19.8 Å². The number of Topliss-reactive ketones (excluding diaryl/α,β-unsaturated/α-hetero) is 1. The third-order valence-corrected chi connectivity index (χ3v) is 2.33. The lowest BCUT2D eigenvalue weighted by Gasteiger charge is -2.04. The van der Waals surface area contributed by atoms with Crippen LogP contribution < -0.4 is 0 Å². The van der Waals surface area contributed by atoms with Crippen LogP contribution in [0.1, 0.15) is 38.8 Å². The molecule has 3 N–H and O–H groups in total. The molecular weight excluding hydrogens is 236 g/mol. The molecule has 6 nitrogen and oxygen atoms in total. The van der Waals surface area contributed by atoms with Crippen molar-refractivity contribution in [1.82, 2.24) is 9.55 Å². The first kappa shape index (κ1) is 16.8. The van der Waals surface area contributed by atoms with E-state index in [1.54, 1.807) is 12.5 Å². The molecule has 0 radical (unpaired) electrons. The van der Waals surface area contributed by atoms with Crippen molar-refractivity contribution < 1.29 is 20.1 Å². The molecule has 1 aromatic rings. The fourth-order valence-electron chi connectivity index (χ4n) is 1.21. The molecule has 0 fully saturated rings. The zero-order valence-electron chi connectivity index (χ0n) is 10.9. The quantitative estimate of drug-likeness (QED) is 0.508. The molecule has 0 aliphatic carbocycles. The van der Waals surface area contributed by atoms with Gasteiger partial charge < -0.3 is 19.9 Å². The molecule has 0 bridgehead atoms. The SMILES string of the molecule is CC(=O)C(O)O.CCCCCn1cncc1CO. The van der Waals surface area contributed by atoms with Gasteiger partial charge in [0.2, 0.25) is 6.29 Å². The summed E-state index contributed by atoms with van der Waals surface area (Å²) in [6.45, 7) is 4.35. The van der Waals surface area contributed by atoms with Crippen LogP contribution in [-0.4, -0.2) is 36.9 Å². The molecule has 0 atom stereocenters. The summed E-state index contributed by atoms with van der Waals surface area (Å²) < 4.78 is 2.01. The van der Waals surface area contributed by atoms with E-state index in [4.69, 9.17) is 15.3 Å². The van der Waals surface area contributed by atoms with Crippen molar-refractivity contribution in [3.05, 3.63) is 18.2 Å². The summed E-state index contributed by atoms with van der Waals surface area (Å²) in [5, 5.41) is 24.6. The molecule has 0 saturated carbocycles. The van der Waals surface area contributed by atoms with Gasteiger partial charge in [-0.2, -0.15) is 0 Å². The van der Waals surface area contributed by atoms with Gasteiger partial charge in [0.15, 0.2) is 5.78 Å². The Hall–Kier alpha value is -1.24. The standard InChI is InChI=1S/C9H16N2O.C3H6O3/c1-2-3-4-5-11-8-10-6-9(11)7-12;1-2(4)3(5)6/h6,8,12H,2-5,7H2,1H3;3,5-6H,1H3. The molecule has 1 heterocycles. The summed E-state index contributed by atoms with van der Waals surface area (Å²) in [5.41, 5.74) is 0.908. The number of carbonyl (C=O) groups is 1. The predicted octanol–water partition coefficient (Wildman–Crippen LogP) is 0.452. The van der Waals surface area contributed by atoms with Crippen LogP contribution in [0.4, 0.5) is 0 Å². The molecule has 6 heteroatoms. The third-order valence-electron chi connectivity index (χ3n) is 2.33. The number of nitrogens with zero attached hydrogens (tertiary/aromatic N) is 2. The van der Waals surface area contributed by atoms with Gasteiger partial charge in [0.05, 0.1) is 24.8 Å². The van der Waals surface area contributed by atoms with E-state index >= 15 is 0 Å². The Balaban J connectivity index is 0.000000411. The number of ketones is 1. The summed E-state index contributed by atoms with van der Waals surface area (Å²) in [4.78, 5) is 13.6. The van der Waals surface area contributed by atoms with Gasteiger partial charge in [-0.05, 0) is 13.3 Å². The average molecular weight is 258 g/mol. The summed E-state index contributed by atoms with van der Waals surface area (Å²) >= 11 is 0. The second kappa shape index (κ2) is 9.76. The van der Waals surface area contributed by atoms with Crippen LogP contribution in [-0.2, 0) is 17.9 Å². The Morgan fingerprint density at radius 3 is 2.50 bits per heavy atom. The van der Waals surface area contributed by atoms with Crippen LogP contribution >= 0.6 is 0 Å². The lowest BCUT2D eigenvalue weighted by Crippen LogP contribution is -2.14. The first-order chi connectivity index (χ1) is 8.52. The third kappa shape index (κ3) is 7.16. The largest absolute Gasteiger partial charge is 0.390 e. The molecule has 0 unspecified atom stereocenters. The maximum Gasteiger partial charge on any atom is 0.212 e. The fraction of sp³-hybridized carbons (Fsp3) is 0.667.